The van der Waals surface area contributed by atoms with E-state index < -0.39 is 0 Å². The van der Waals surface area contributed by atoms with Crippen LogP contribution in [0.4, 0.5) is 0 Å². The highest BCUT2D eigenvalue weighted by Crippen LogP contribution is 2.23. The molecule has 2 N–H and O–H groups in total. The van der Waals surface area contributed by atoms with Crippen LogP contribution >= 0.6 is 0 Å². The third-order valence-corrected chi connectivity index (χ3v) is 4.18. The summed E-state index contributed by atoms with van der Waals surface area (Å²) in [5.74, 6) is 0. The quantitative estimate of drug-likeness (QED) is 0.687. The zero-order chi connectivity index (χ0) is 13.7. The molecule has 0 radical (unpaired) electrons. The molecule has 0 amide bonds. The Morgan fingerprint density at radius 3 is 2.12 bits per heavy atom. The Hall–Kier alpha value is -0.120. The first kappa shape index (κ1) is 16.9. The third-order valence-electron chi connectivity index (χ3n) is 4.18. The lowest BCUT2D eigenvalue weighted by atomic mass is 9.90. The number of likely N-dealkylation sites (N-methyl/N-ethyl adjacent to an activating group) is 1. The summed E-state index contributed by atoms with van der Waals surface area (Å²) in [5, 5.41) is 12.9. The van der Waals surface area contributed by atoms with E-state index in [1.165, 1.54) is 0 Å². The van der Waals surface area contributed by atoms with Gasteiger partial charge in [0.15, 0.2) is 0 Å². The summed E-state index contributed by atoms with van der Waals surface area (Å²) in [4.78, 5) is 2.41. The molecule has 0 fully saturated rings. The fourth-order valence-electron chi connectivity index (χ4n) is 2.25. The molecule has 3 nitrogen and oxygen atoms in total. The molecule has 0 aliphatic heterocycles. The number of nitrogens with one attached hydrogen (secondary N) is 1. The second-order valence-corrected chi connectivity index (χ2v) is 6.08. The molecule has 2 atom stereocenters. The van der Waals surface area contributed by atoms with Gasteiger partial charge in [-0.05, 0) is 54.1 Å². The van der Waals surface area contributed by atoms with Gasteiger partial charge in [0.25, 0.3) is 0 Å². The van der Waals surface area contributed by atoms with E-state index in [1.54, 1.807) is 0 Å². The number of rotatable bonds is 8. The van der Waals surface area contributed by atoms with Crippen LogP contribution < -0.4 is 5.32 Å². The normalized spacial score (nSPS) is 18.2. The number of nitrogens with zero attached hydrogens (tertiary/aromatic N) is 1. The standard InChI is InChI=1S/C14H32N2O/c1-8-13(4,5)16(7)12(3)10-14(6,11-17)15-9-2/h12,15,17H,8-11H2,1-7H3. The maximum Gasteiger partial charge on any atom is 0.0611 e. The molecule has 3 heteroatoms. The van der Waals surface area contributed by atoms with E-state index >= 15 is 0 Å². The Bertz CT molecular complexity index is 218. The van der Waals surface area contributed by atoms with Gasteiger partial charge in [-0.15, -0.1) is 0 Å². The zero-order valence-electron chi connectivity index (χ0n) is 12.8. The first-order valence-electron chi connectivity index (χ1n) is 6.81. The van der Waals surface area contributed by atoms with Gasteiger partial charge in [-0.1, -0.05) is 13.8 Å². The van der Waals surface area contributed by atoms with Crippen LogP contribution in [0.1, 0.15) is 54.4 Å². The summed E-state index contributed by atoms with van der Waals surface area (Å²) in [7, 11) is 2.18. The molecule has 2 unspecified atom stereocenters. The van der Waals surface area contributed by atoms with Gasteiger partial charge in [0.1, 0.15) is 0 Å². The Morgan fingerprint density at radius 1 is 1.24 bits per heavy atom. The van der Waals surface area contributed by atoms with Crippen molar-refractivity contribution in [1.82, 2.24) is 10.2 Å². The molecule has 17 heavy (non-hydrogen) atoms. The molecular formula is C14H32N2O. The van der Waals surface area contributed by atoms with Crippen molar-refractivity contribution in [3.05, 3.63) is 0 Å². The zero-order valence-corrected chi connectivity index (χ0v) is 12.8. The van der Waals surface area contributed by atoms with Crippen molar-refractivity contribution in [3.8, 4) is 0 Å². The van der Waals surface area contributed by atoms with Crippen molar-refractivity contribution in [2.75, 3.05) is 20.2 Å². The minimum atomic E-state index is -0.174. The van der Waals surface area contributed by atoms with Crippen molar-refractivity contribution in [2.24, 2.45) is 0 Å². The average Bonchev–Trinajstić information content (AvgIpc) is 2.28. The van der Waals surface area contributed by atoms with Crippen LogP contribution in [-0.4, -0.2) is 47.3 Å². The summed E-state index contributed by atoms with van der Waals surface area (Å²) >= 11 is 0. The smallest absolute Gasteiger partial charge is 0.0611 e. The predicted molar refractivity (Wildman–Crippen MR) is 75.4 cm³/mol. The highest BCUT2D eigenvalue weighted by Gasteiger charge is 2.31. The Labute approximate surface area is 108 Å². The number of aliphatic hydroxyl groups excluding tert-OH is 1. The lowest BCUT2D eigenvalue weighted by Gasteiger charge is -2.42. The maximum atomic E-state index is 9.53. The van der Waals surface area contributed by atoms with E-state index in [0.29, 0.717) is 6.04 Å². The number of aliphatic hydroxyl groups is 1. The Kier molecular flexibility index (Phi) is 6.67. The molecule has 0 aromatic carbocycles. The van der Waals surface area contributed by atoms with Gasteiger partial charge < -0.3 is 10.4 Å². The fraction of sp³-hybridized carbons (Fsp3) is 1.00. The van der Waals surface area contributed by atoms with Gasteiger partial charge >= 0.3 is 0 Å². The number of hydrogen-bond donors (Lipinski definition) is 2. The third kappa shape index (κ3) is 4.94. The summed E-state index contributed by atoms with van der Waals surface area (Å²) < 4.78 is 0. The van der Waals surface area contributed by atoms with Gasteiger partial charge in [0, 0.05) is 17.1 Å². The molecule has 0 aromatic rings. The van der Waals surface area contributed by atoms with Crippen LogP contribution in [0.3, 0.4) is 0 Å². The summed E-state index contributed by atoms with van der Waals surface area (Å²) in [6, 6.07) is 0.446. The second-order valence-electron chi connectivity index (χ2n) is 6.08. The van der Waals surface area contributed by atoms with Crippen LogP contribution in [0.5, 0.6) is 0 Å². The minimum Gasteiger partial charge on any atom is -0.394 e. The Morgan fingerprint density at radius 2 is 1.76 bits per heavy atom. The van der Waals surface area contributed by atoms with Crippen LogP contribution in [0.25, 0.3) is 0 Å². The molecule has 0 aliphatic carbocycles. The Balaban J connectivity index is 4.56. The van der Waals surface area contributed by atoms with Crippen molar-refractivity contribution in [1.29, 1.82) is 0 Å². The number of hydrogen-bond acceptors (Lipinski definition) is 3. The van der Waals surface area contributed by atoms with E-state index in [1.807, 2.05) is 0 Å². The van der Waals surface area contributed by atoms with E-state index in [0.717, 1.165) is 19.4 Å². The van der Waals surface area contributed by atoms with Gasteiger partial charge in [0.05, 0.1) is 6.61 Å². The maximum absolute atomic E-state index is 9.53. The summed E-state index contributed by atoms with van der Waals surface area (Å²) in [6.07, 6.45) is 2.09. The van der Waals surface area contributed by atoms with Crippen molar-refractivity contribution in [3.63, 3.8) is 0 Å². The summed E-state index contributed by atoms with van der Waals surface area (Å²) in [6.45, 7) is 14.3. The lowest BCUT2D eigenvalue weighted by molar-refractivity contribution is 0.0676. The highest BCUT2D eigenvalue weighted by atomic mass is 16.3. The predicted octanol–water partition coefficient (Wildman–Crippen LogP) is 2.25. The second kappa shape index (κ2) is 6.72. The van der Waals surface area contributed by atoms with E-state index in [4.69, 9.17) is 0 Å². The fourth-order valence-corrected chi connectivity index (χ4v) is 2.25. The van der Waals surface area contributed by atoms with E-state index in [-0.39, 0.29) is 17.7 Å². The lowest BCUT2D eigenvalue weighted by Crippen LogP contribution is -2.53. The minimum absolute atomic E-state index is 0.174. The topological polar surface area (TPSA) is 35.5 Å². The van der Waals surface area contributed by atoms with Gasteiger partial charge in [-0.2, -0.15) is 0 Å². The molecule has 0 aromatic heterocycles. The summed E-state index contributed by atoms with van der Waals surface area (Å²) in [5.41, 5.74) is 0.0360. The largest absolute Gasteiger partial charge is 0.394 e. The molecule has 0 saturated heterocycles. The molecule has 0 aliphatic rings. The molecular weight excluding hydrogens is 212 g/mol. The SMILES string of the molecule is CCNC(C)(CO)CC(C)N(C)C(C)(C)CC. The van der Waals surface area contributed by atoms with Crippen LogP contribution in [-0.2, 0) is 0 Å². The molecule has 104 valence electrons. The van der Waals surface area contributed by atoms with E-state index in [2.05, 4.69) is 58.8 Å². The molecule has 0 heterocycles. The van der Waals surface area contributed by atoms with Gasteiger partial charge in [-0.25, -0.2) is 0 Å². The molecule has 0 saturated carbocycles. The highest BCUT2D eigenvalue weighted by molar-refractivity contribution is 4.89. The van der Waals surface area contributed by atoms with Crippen molar-refractivity contribution in [2.45, 2.75) is 71.5 Å². The average molecular weight is 244 g/mol. The van der Waals surface area contributed by atoms with Crippen LogP contribution in [0, 0.1) is 0 Å². The van der Waals surface area contributed by atoms with Gasteiger partial charge in [0.2, 0.25) is 0 Å². The molecule has 0 rings (SSSR count). The van der Waals surface area contributed by atoms with Crippen molar-refractivity contribution >= 4 is 0 Å². The van der Waals surface area contributed by atoms with Gasteiger partial charge in [-0.3, -0.25) is 4.90 Å². The molecule has 0 spiro atoms. The van der Waals surface area contributed by atoms with Crippen LogP contribution in [0.2, 0.25) is 0 Å². The molecule has 0 bridgehead atoms. The van der Waals surface area contributed by atoms with Crippen LogP contribution in [0.15, 0.2) is 0 Å². The first-order chi connectivity index (χ1) is 7.72. The monoisotopic (exact) mass is 244 g/mol. The first-order valence-corrected chi connectivity index (χ1v) is 6.81. The van der Waals surface area contributed by atoms with E-state index in [9.17, 15) is 5.11 Å². The van der Waals surface area contributed by atoms with Crippen molar-refractivity contribution < 1.29 is 5.11 Å².